The van der Waals surface area contributed by atoms with E-state index in [2.05, 4.69) is 21.4 Å². The fourth-order valence-corrected chi connectivity index (χ4v) is 2.55. The summed E-state index contributed by atoms with van der Waals surface area (Å²) in [7, 11) is 0. The minimum atomic E-state index is 0.569. The van der Waals surface area contributed by atoms with Crippen LogP contribution < -0.4 is 5.32 Å². The fraction of sp³-hybridized carbons (Fsp3) is 0.417. The summed E-state index contributed by atoms with van der Waals surface area (Å²) in [5, 5.41) is 5.23. The van der Waals surface area contributed by atoms with Crippen LogP contribution in [0.25, 0.3) is 11.0 Å². The predicted octanol–water partition coefficient (Wildman–Crippen LogP) is 2.68. The summed E-state index contributed by atoms with van der Waals surface area (Å²) in [4.78, 5) is 7.67. The standard InChI is InChI=1S/C12H14ClN3/c13-10-3-5-15-12-9(10)6-11(16-12)8-2-1-4-14-7-8/h3,5-6,8,14H,1-2,4,7H2,(H,15,16). The molecule has 0 spiro atoms. The van der Waals surface area contributed by atoms with Gasteiger partial charge in [-0.15, -0.1) is 0 Å². The first-order chi connectivity index (χ1) is 7.84. The molecule has 84 valence electrons. The van der Waals surface area contributed by atoms with Crippen LogP contribution in [0.1, 0.15) is 24.5 Å². The number of aromatic amines is 1. The minimum Gasteiger partial charge on any atom is -0.343 e. The Kier molecular flexibility index (Phi) is 2.58. The molecule has 1 aliphatic heterocycles. The van der Waals surface area contributed by atoms with Crippen LogP contribution in [-0.2, 0) is 0 Å². The van der Waals surface area contributed by atoms with Gasteiger partial charge in [-0.1, -0.05) is 11.6 Å². The maximum atomic E-state index is 6.13. The highest BCUT2D eigenvalue weighted by atomic mass is 35.5. The van der Waals surface area contributed by atoms with E-state index in [0.29, 0.717) is 5.92 Å². The molecule has 3 nitrogen and oxygen atoms in total. The number of piperidine rings is 1. The van der Waals surface area contributed by atoms with E-state index in [1.165, 1.54) is 18.5 Å². The first kappa shape index (κ1) is 10.1. The van der Waals surface area contributed by atoms with Gasteiger partial charge in [0.15, 0.2) is 0 Å². The number of nitrogens with zero attached hydrogens (tertiary/aromatic N) is 1. The Morgan fingerprint density at radius 2 is 2.38 bits per heavy atom. The lowest BCUT2D eigenvalue weighted by molar-refractivity contribution is 0.456. The van der Waals surface area contributed by atoms with Crippen molar-refractivity contribution in [2.75, 3.05) is 13.1 Å². The normalized spacial score (nSPS) is 21.4. The van der Waals surface area contributed by atoms with Crippen molar-refractivity contribution in [2.24, 2.45) is 0 Å². The summed E-state index contributed by atoms with van der Waals surface area (Å²) in [6.45, 7) is 2.18. The minimum absolute atomic E-state index is 0.569. The molecule has 0 amide bonds. The summed E-state index contributed by atoms with van der Waals surface area (Å²) >= 11 is 6.13. The molecule has 2 N–H and O–H groups in total. The van der Waals surface area contributed by atoms with Gasteiger partial charge < -0.3 is 10.3 Å². The van der Waals surface area contributed by atoms with E-state index in [1.54, 1.807) is 6.20 Å². The smallest absolute Gasteiger partial charge is 0.138 e. The van der Waals surface area contributed by atoms with Crippen LogP contribution >= 0.6 is 11.6 Å². The average molecular weight is 236 g/mol. The molecule has 0 bridgehead atoms. The molecule has 4 heteroatoms. The van der Waals surface area contributed by atoms with Gasteiger partial charge >= 0.3 is 0 Å². The second-order valence-electron chi connectivity index (χ2n) is 4.32. The number of nitrogens with one attached hydrogen (secondary N) is 2. The van der Waals surface area contributed by atoms with Crippen molar-refractivity contribution in [3.8, 4) is 0 Å². The molecule has 2 aromatic rings. The molecule has 0 aromatic carbocycles. The lowest BCUT2D eigenvalue weighted by atomic mass is 9.96. The van der Waals surface area contributed by atoms with Crippen molar-refractivity contribution in [3.05, 3.63) is 29.0 Å². The van der Waals surface area contributed by atoms with E-state index < -0.39 is 0 Å². The van der Waals surface area contributed by atoms with Gasteiger partial charge in [-0.25, -0.2) is 4.98 Å². The Balaban J connectivity index is 2.01. The molecular weight excluding hydrogens is 222 g/mol. The molecular formula is C12H14ClN3. The van der Waals surface area contributed by atoms with Crippen molar-refractivity contribution in [1.82, 2.24) is 15.3 Å². The van der Waals surface area contributed by atoms with Gasteiger partial charge in [0.25, 0.3) is 0 Å². The maximum absolute atomic E-state index is 6.13. The van der Waals surface area contributed by atoms with Crippen LogP contribution in [-0.4, -0.2) is 23.1 Å². The SMILES string of the molecule is Clc1ccnc2[nH]c(C3CCCNC3)cc12. The lowest BCUT2D eigenvalue weighted by Crippen LogP contribution is -2.28. The molecule has 3 rings (SSSR count). The highest BCUT2D eigenvalue weighted by molar-refractivity contribution is 6.35. The zero-order chi connectivity index (χ0) is 11.0. The monoisotopic (exact) mass is 235 g/mol. The van der Waals surface area contributed by atoms with Gasteiger partial charge in [0.05, 0.1) is 5.02 Å². The number of halogens is 1. The second kappa shape index (κ2) is 4.07. The van der Waals surface area contributed by atoms with Crippen molar-refractivity contribution >= 4 is 22.6 Å². The highest BCUT2D eigenvalue weighted by Crippen LogP contribution is 2.28. The Labute approximate surface area is 99.2 Å². The quantitative estimate of drug-likeness (QED) is 0.798. The largest absolute Gasteiger partial charge is 0.343 e. The second-order valence-corrected chi connectivity index (χ2v) is 4.73. The van der Waals surface area contributed by atoms with Gasteiger partial charge in [-0.3, -0.25) is 0 Å². The summed E-state index contributed by atoms with van der Waals surface area (Å²) in [6, 6.07) is 3.98. The van der Waals surface area contributed by atoms with Gasteiger partial charge in [-0.2, -0.15) is 0 Å². The van der Waals surface area contributed by atoms with Crippen LogP contribution in [0.15, 0.2) is 18.3 Å². The number of pyridine rings is 1. The zero-order valence-corrected chi connectivity index (χ0v) is 9.72. The van der Waals surface area contributed by atoms with Gasteiger partial charge in [0.2, 0.25) is 0 Å². The molecule has 1 saturated heterocycles. The van der Waals surface area contributed by atoms with Crippen LogP contribution in [0.5, 0.6) is 0 Å². The molecule has 0 radical (unpaired) electrons. The molecule has 1 aliphatic rings. The molecule has 1 unspecified atom stereocenters. The first-order valence-electron chi connectivity index (χ1n) is 5.68. The van der Waals surface area contributed by atoms with E-state index in [0.717, 1.165) is 29.1 Å². The maximum Gasteiger partial charge on any atom is 0.138 e. The summed E-state index contributed by atoms with van der Waals surface area (Å²) in [6.07, 6.45) is 4.21. The summed E-state index contributed by atoms with van der Waals surface area (Å²) in [5.74, 6) is 0.569. The molecule has 0 saturated carbocycles. The third-order valence-electron chi connectivity index (χ3n) is 3.24. The van der Waals surface area contributed by atoms with E-state index in [1.807, 2.05) is 6.07 Å². The number of hydrogen-bond donors (Lipinski definition) is 2. The number of fused-ring (bicyclic) bond motifs is 1. The highest BCUT2D eigenvalue weighted by Gasteiger charge is 2.17. The van der Waals surface area contributed by atoms with Crippen LogP contribution in [0.3, 0.4) is 0 Å². The molecule has 0 aliphatic carbocycles. The van der Waals surface area contributed by atoms with Gasteiger partial charge in [-0.05, 0) is 31.5 Å². The lowest BCUT2D eigenvalue weighted by Gasteiger charge is -2.21. The predicted molar refractivity (Wildman–Crippen MR) is 65.9 cm³/mol. The molecule has 2 aromatic heterocycles. The van der Waals surface area contributed by atoms with Crippen molar-refractivity contribution < 1.29 is 0 Å². The molecule has 16 heavy (non-hydrogen) atoms. The molecule has 1 fully saturated rings. The fourth-order valence-electron chi connectivity index (χ4n) is 2.35. The topological polar surface area (TPSA) is 40.7 Å². The van der Waals surface area contributed by atoms with Crippen LogP contribution in [0.4, 0.5) is 0 Å². The van der Waals surface area contributed by atoms with E-state index in [9.17, 15) is 0 Å². The molecule has 3 heterocycles. The van der Waals surface area contributed by atoms with Gasteiger partial charge in [0.1, 0.15) is 5.65 Å². The Morgan fingerprint density at radius 3 is 3.12 bits per heavy atom. The number of hydrogen-bond acceptors (Lipinski definition) is 2. The Morgan fingerprint density at radius 1 is 1.44 bits per heavy atom. The van der Waals surface area contributed by atoms with Crippen LogP contribution in [0.2, 0.25) is 5.02 Å². The van der Waals surface area contributed by atoms with Crippen molar-refractivity contribution in [1.29, 1.82) is 0 Å². The van der Waals surface area contributed by atoms with E-state index in [4.69, 9.17) is 11.6 Å². The molecule has 1 atom stereocenters. The van der Waals surface area contributed by atoms with E-state index in [-0.39, 0.29) is 0 Å². The number of rotatable bonds is 1. The summed E-state index contributed by atoms with van der Waals surface area (Å²) < 4.78 is 0. The van der Waals surface area contributed by atoms with Crippen molar-refractivity contribution in [2.45, 2.75) is 18.8 Å². The summed E-state index contributed by atoms with van der Waals surface area (Å²) in [5.41, 5.74) is 2.15. The third kappa shape index (κ3) is 1.70. The first-order valence-corrected chi connectivity index (χ1v) is 6.06. The van der Waals surface area contributed by atoms with Crippen LogP contribution in [0, 0.1) is 0 Å². The van der Waals surface area contributed by atoms with E-state index >= 15 is 0 Å². The number of H-pyrrole nitrogens is 1. The Bertz CT molecular complexity index is 500. The third-order valence-corrected chi connectivity index (χ3v) is 3.57. The Hall–Kier alpha value is -1.06. The van der Waals surface area contributed by atoms with Gasteiger partial charge in [0, 0.05) is 29.7 Å². The average Bonchev–Trinajstić information content (AvgIpc) is 2.76. The number of aromatic nitrogens is 2. The van der Waals surface area contributed by atoms with Crippen molar-refractivity contribution in [3.63, 3.8) is 0 Å². The zero-order valence-electron chi connectivity index (χ0n) is 8.96.